The van der Waals surface area contributed by atoms with Crippen molar-refractivity contribution in [3.63, 3.8) is 0 Å². The molecule has 1 aromatic heterocycles. The first-order valence-corrected chi connectivity index (χ1v) is 10.7. The van der Waals surface area contributed by atoms with Crippen molar-refractivity contribution < 1.29 is 9.13 Å². The van der Waals surface area contributed by atoms with Crippen molar-refractivity contribution in [1.82, 2.24) is 15.1 Å². The van der Waals surface area contributed by atoms with E-state index in [1.165, 1.54) is 38.1 Å². The van der Waals surface area contributed by atoms with Gasteiger partial charge in [-0.2, -0.15) is 0 Å². The van der Waals surface area contributed by atoms with E-state index in [4.69, 9.17) is 16.3 Å². The summed E-state index contributed by atoms with van der Waals surface area (Å²) in [6.45, 7) is 7.68. The van der Waals surface area contributed by atoms with Crippen LogP contribution in [0.25, 0.3) is 11.3 Å². The standard InChI is InChI=1S/C22H26ClFN4O/c1-22(12-29-13-22)11-28-9-14-6-17(7-15(14)10-28)25-21-5-4-20(26-27-21)18-8-16(24)2-3-19(18)23/h2-5,8,14-15,17H,6-7,9-13H2,1H3,(H,25,27)/t14-,15+,17-. The van der Waals surface area contributed by atoms with Gasteiger partial charge in [0.05, 0.1) is 23.9 Å². The van der Waals surface area contributed by atoms with Crippen molar-refractivity contribution in [2.75, 3.05) is 38.2 Å². The van der Waals surface area contributed by atoms with E-state index in [9.17, 15) is 4.39 Å². The lowest BCUT2D eigenvalue weighted by Crippen LogP contribution is -2.48. The van der Waals surface area contributed by atoms with E-state index in [1.54, 1.807) is 6.07 Å². The second kappa shape index (κ2) is 7.49. The second-order valence-corrected chi connectivity index (χ2v) is 9.67. The summed E-state index contributed by atoms with van der Waals surface area (Å²) in [5, 5.41) is 12.6. The Labute approximate surface area is 175 Å². The van der Waals surface area contributed by atoms with Gasteiger partial charge in [0.15, 0.2) is 0 Å². The molecule has 154 valence electrons. The Morgan fingerprint density at radius 1 is 1.17 bits per heavy atom. The zero-order valence-corrected chi connectivity index (χ0v) is 17.3. The topological polar surface area (TPSA) is 50.3 Å². The summed E-state index contributed by atoms with van der Waals surface area (Å²) >= 11 is 6.17. The maximum absolute atomic E-state index is 13.5. The van der Waals surface area contributed by atoms with Crippen molar-refractivity contribution in [3.05, 3.63) is 41.2 Å². The maximum atomic E-state index is 13.5. The van der Waals surface area contributed by atoms with Crippen LogP contribution in [0.15, 0.2) is 30.3 Å². The van der Waals surface area contributed by atoms with Crippen LogP contribution in [0.4, 0.5) is 10.2 Å². The number of nitrogens with one attached hydrogen (secondary N) is 1. The van der Waals surface area contributed by atoms with E-state index in [0.29, 0.717) is 27.7 Å². The van der Waals surface area contributed by atoms with Crippen LogP contribution in [0.2, 0.25) is 5.02 Å². The van der Waals surface area contributed by atoms with E-state index in [2.05, 4.69) is 27.3 Å². The van der Waals surface area contributed by atoms with Crippen LogP contribution in [-0.4, -0.2) is 54.0 Å². The third-order valence-corrected chi connectivity index (χ3v) is 6.88. The fraction of sp³-hybridized carbons (Fsp3) is 0.545. The Morgan fingerprint density at radius 3 is 2.55 bits per heavy atom. The van der Waals surface area contributed by atoms with Crippen LogP contribution < -0.4 is 5.32 Å². The van der Waals surface area contributed by atoms with Gasteiger partial charge in [-0.1, -0.05) is 18.5 Å². The molecule has 3 atom stereocenters. The molecule has 0 bridgehead atoms. The minimum absolute atomic E-state index is 0.334. The van der Waals surface area contributed by atoms with Crippen molar-refractivity contribution in [2.45, 2.75) is 25.8 Å². The third-order valence-electron chi connectivity index (χ3n) is 6.55. The first-order chi connectivity index (χ1) is 14.0. The zero-order valence-electron chi connectivity index (χ0n) is 16.6. The van der Waals surface area contributed by atoms with Crippen LogP contribution >= 0.6 is 11.6 Å². The van der Waals surface area contributed by atoms with Gasteiger partial charge in [-0.15, -0.1) is 10.2 Å². The third kappa shape index (κ3) is 3.98. The number of benzene rings is 1. The van der Waals surface area contributed by atoms with E-state index in [-0.39, 0.29) is 5.82 Å². The molecule has 3 heterocycles. The van der Waals surface area contributed by atoms with Gasteiger partial charge in [0.1, 0.15) is 11.6 Å². The highest BCUT2D eigenvalue weighted by atomic mass is 35.5. The van der Waals surface area contributed by atoms with E-state index in [1.807, 2.05) is 12.1 Å². The Balaban J connectivity index is 1.17. The summed E-state index contributed by atoms with van der Waals surface area (Å²) in [7, 11) is 0. The highest BCUT2D eigenvalue weighted by Gasteiger charge is 2.44. The van der Waals surface area contributed by atoms with Gasteiger partial charge in [0, 0.05) is 36.7 Å². The van der Waals surface area contributed by atoms with Crippen molar-refractivity contribution in [2.24, 2.45) is 17.3 Å². The van der Waals surface area contributed by atoms with Crippen LogP contribution in [0.1, 0.15) is 19.8 Å². The van der Waals surface area contributed by atoms with E-state index >= 15 is 0 Å². The predicted octanol–water partition coefficient (Wildman–Crippen LogP) is 4.09. The molecule has 2 aliphatic heterocycles. The number of likely N-dealkylation sites (tertiary alicyclic amines) is 1. The van der Waals surface area contributed by atoms with Gasteiger partial charge in [-0.05, 0) is 55.0 Å². The minimum Gasteiger partial charge on any atom is -0.380 e. The molecule has 0 amide bonds. The van der Waals surface area contributed by atoms with Gasteiger partial charge < -0.3 is 15.0 Å². The first kappa shape index (κ1) is 19.2. The summed E-state index contributed by atoms with van der Waals surface area (Å²) in [5.74, 6) is 1.95. The lowest BCUT2D eigenvalue weighted by atomic mass is 9.88. The van der Waals surface area contributed by atoms with Crippen LogP contribution in [-0.2, 0) is 4.74 Å². The van der Waals surface area contributed by atoms with E-state index in [0.717, 1.165) is 37.4 Å². The van der Waals surface area contributed by atoms with Crippen molar-refractivity contribution >= 4 is 17.4 Å². The molecule has 2 aromatic rings. The lowest BCUT2D eigenvalue weighted by molar-refractivity contribution is -0.113. The summed E-state index contributed by atoms with van der Waals surface area (Å²) < 4.78 is 18.9. The smallest absolute Gasteiger partial charge is 0.148 e. The molecule has 1 N–H and O–H groups in total. The van der Waals surface area contributed by atoms with Gasteiger partial charge >= 0.3 is 0 Å². The molecular formula is C22H26ClFN4O. The summed E-state index contributed by atoms with van der Waals surface area (Å²) in [5.41, 5.74) is 1.50. The molecule has 5 rings (SSSR count). The number of anilines is 1. The van der Waals surface area contributed by atoms with Crippen LogP contribution in [0, 0.1) is 23.1 Å². The molecule has 1 aliphatic carbocycles. The molecular weight excluding hydrogens is 391 g/mol. The Kier molecular flexibility index (Phi) is 4.96. The SMILES string of the molecule is CC1(CN2C[C@H]3C[C@@H](Nc4ccc(-c5cc(F)ccc5Cl)nn4)C[C@H]3C2)COC1. The zero-order chi connectivity index (χ0) is 20.0. The Morgan fingerprint density at radius 2 is 1.93 bits per heavy atom. The highest BCUT2D eigenvalue weighted by Crippen LogP contribution is 2.41. The van der Waals surface area contributed by atoms with Crippen molar-refractivity contribution in [3.8, 4) is 11.3 Å². The number of ether oxygens (including phenoxy) is 1. The Bertz CT molecular complexity index is 875. The largest absolute Gasteiger partial charge is 0.380 e. The fourth-order valence-corrected chi connectivity index (χ4v) is 5.40. The molecule has 0 unspecified atom stereocenters. The van der Waals surface area contributed by atoms with Gasteiger partial charge in [-0.25, -0.2) is 4.39 Å². The van der Waals surface area contributed by atoms with Crippen LogP contribution in [0.3, 0.4) is 0 Å². The maximum Gasteiger partial charge on any atom is 0.148 e. The lowest BCUT2D eigenvalue weighted by Gasteiger charge is -2.41. The number of halogens is 2. The van der Waals surface area contributed by atoms with Gasteiger partial charge in [0.25, 0.3) is 0 Å². The second-order valence-electron chi connectivity index (χ2n) is 9.26. The number of aromatic nitrogens is 2. The monoisotopic (exact) mass is 416 g/mol. The van der Waals surface area contributed by atoms with E-state index < -0.39 is 0 Å². The molecule has 29 heavy (non-hydrogen) atoms. The summed E-state index contributed by atoms with van der Waals surface area (Å²) in [6, 6.07) is 8.45. The number of fused-ring (bicyclic) bond motifs is 1. The molecule has 1 aromatic carbocycles. The molecule has 3 aliphatic rings. The van der Waals surface area contributed by atoms with Gasteiger partial charge in [0.2, 0.25) is 0 Å². The predicted molar refractivity (Wildman–Crippen MR) is 111 cm³/mol. The number of hydrogen-bond acceptors (Lipinski definition) is 5. The fourth-order valence-electron chi connectivity index (χ4n) is 5.18. The molecule has 0 radical (unpaired) electrons. The summed E-state index contributed by atoms with van der Waals surface area (Å²) in [4.78, 5) is 2.63. The molecule has 3 fully saturated rings. The molecule has 2 saturated heterocycles. The molecule has 0 spiro atoms. The van der Waals surface area contributed by atoms with Gasteiger partial charge in [-0.3, -0.25) is 0 Å². The molecule has 5 nitrogen and oxygen atoms in total. The summed E-state index contributed by atoms with van der Waals surface area (Å²) in [6.07, 6.45) is 2.35. The number of nitrogens with zero attached hydrogens (tertiary/aromatic N) is 3. The van der Waals surface area contributed by atoms with Crippen molar-refractivity contribution in [1.29, 1.82) is 0 Å². The quantitative estimate of drug-likeness (QED) is 0.795. The minimum atomic E-state index is -0.334. The normalized spacial score (nSPS) is 28.2. The number of rotatable bonds is 5. The van der Waals surface area contributed by atoms with Crippen LogP contribution in [0.5, 0.6) is 0 Å². The first-order valence-electron chi connectivity index (χ1n) is 10.3. The molecule has 1 saturated carbocycles. The average molecular weight is 417 g/mol. The number of hydrogen-bond donors (Lipinski definition) is 1. The highest BCUT2D eigenvalue weighted by molar-refractivity contribution is 6.33. The Hall–Kier alpha value is -1.76. The molecule has 7 heteroatoms. The average Bonchev–Trinajstić information content (AvgIpc) is 3.21.